The minimum Gasteiger partial charge on any atom is -0.481 e. The molecule has 1 aliphatic heterocycles. The largest absolute Gasteiger partial charge is 0.481 e. The Balaban J connectivity index is 0.000000596. The number of carboxylic acid groups (broad SMARTS) is 1. The van der Waals surface area contributed by atoms with Crippen molar-refractivity contribution in [3.63, 3.8) is 0 Å². The van der Waals surface area contributed by atoms with Crippen molar-refractivity contribution in [2.24, 2.45) is 0 Å². The summed E-state index contributed by atoms with van der Waals surface area (Å²) in [5, 5.41) is 13.1. The third kappa shape index (κ3) is 6.59. The van der Waals surface area contributed by atoms with Gasteiger partial charge in [-0.1, -0.05) is 12.1 Å². The van der Waals surface area contributed by atoms with Crippen LogP contribution < -0.4 is 10.9 Å². The molecule has 3 rings (SSSR count). The lowest BCUT2D eigenvalue weighted by Crippen LogP contribution is -2.38. The molecule has 0 unspecified atom stereocenters. The van der Waals surface area contributed by atoms with E-state index in [1.165, 1.54) is 18.2 Å². The SMILES string of the molecule is CC(=O)O.O=c1cc([C@@H]2CCN[C@@H](Cc3ccc(C(F)(F)F)cc3)C2)o[nH]1. The van der Waals surface area contributed by atoms with Crippen LogP contribution in [0.4, 0.5) is 13.2 Å². The number of carbonyl (C=O) groups is 1. The Bertz CT molecular complexity index is 792. The second-order valence-corrected chi connectivity index (χ2v) is 6.41. The Morgan fingerprint density at radius 3 is 2.44 bits per heavy atom. The smallest absolute Gasteiger partial charge is 0.416 e. The van der Waals surface area contributed by atoms with Gasteiger partial charge in [0.2, 0.25) is 0 Å². The number of carboxylic acids is 1. The maximum atomic E-state index is 12.6. The fourth-order valence-corrected chi connectivity index (χ4v) is 3.03. The zero-order valence-electron chi connectivity index (χ0n) is 14.7. The number of H-pyrrole nitrogens is 1. The monoisotopic (exact) mass is 386 g/mol. The third-order valence-corrected chi connectivity index (χ3v) is 4.20. The Kier molecular flexibility index (Phi) is 6.84. The summed E-state index contributed by atoms with van der Waals surface area (Å²) in [6, 6.07) is 6.87. The van der Waals surface area contributed by atoms with E-state index in [0.29, 0.717) is 12.2 Å². The highest BCUT2D eigenvalue weighted by Crippen LogP contribution is 2.30. The first-order valence-corrected chi connectivity index (χ1v) is 8.42. The fourth-order valence-electron chi connectivity index (χ4n) is 3.03. The van der Waals surface area contributed by atoms with Gasteiger partial charge in [0.05, 0.1) is 5.56 Å². The van der Waals surface area contributed by atoms with Gasteiger partial charge in [-0.15, -0.1) is 0 Å². The predicted octanol–water partition coefficient (Wildman–Crippen LogP) is 3.16. The third-order valence-electron chi connectivity index (χ3n) is 4.20. The van der Waals surface area contributed by atoms with Crippen LogP contribution >= 0.6 is 0 Å². The van der Waals surface area contributed by atoms with Crippen LogP contribution in [0.25, 0.3) is 0 Å². The summed E-state index contributed by atoms with van der Waals surface area (Å²) in [6.07, 6.45) is -2.02. The van der Waals surface area contributed by atoms with Gasteiger partial charge in [0.25, 0.3) is 11.5 Å². The number of alkyl halides is 3. The normalized spacial score (nSPS) is 19.9. The van der Waals surface area contributed by atoms with Gasteiger partial charge in [-0.25, -0.2) is 0 Å². The molecule has 2 atom stereocenters. The summed E-state index contributed by atoms with van der Waals surface area (Å²) >= 11 is 0. The zero-order valence-corrected chi connectivity index (χ0v) is 14.7. The van der Waals surface area contributed by atoms with Crippen LogP contribution in [0, 0.1) is 0 Å². The number of aromatic nitrogens is 1. The highest BCUT2D eigenvalue weighted by molar-refractivity contribution is 5.62. The standard InChI is InChI=1S/C16H17F3N2O2.C2H4O2/c17-16(18,19)12-3-1-10(2-4-12)7-13-8-11(5-6-20-13)14-9-15(22)21-23-14;1-2(3)4/h1-4,9,11,13,20H,5-8H2,(H,21,22);1H3,(H,3,4)/t11-,13+;/m1./s1. The second-order valence-electron chi connectivity index (χ2n) is 6.41. The molecule has 2 heterocycles. The maximum absolute atomic E-state index is 12.6. The number of nitrogens with one attached hydrogen (secondary N) is 2. The summed E-state index contributed by atoms with van der Waals surface area (Å²) in [7, 11) is 0. The number of aromatic amines is 1. The number of piperidine rings is 1. The molecule has 0 amide bonds. The second kappa shape index (κ2) is 8.90. The Morgan fingerprint density at radius 1 is 1.30 bits per heavy atom. The summed E-state index contributed by atoms with van der Waals surface area (Å²) < 4.78 is 42.9. The summed E-state index contributed by atoms with van der Waals surface area (Å²) in [4.78, 5) is 20.2. The van der Waals surface area contributed by atoms with Crippen molar-refractivity contribution in [3.8, 4) is 0 Å². The molecule has 9 heteroatoms. The molecule has 1 saturated heterocycles. The molecule has 1 aromatic heterocycles. The van der Waals surface area contributed by atoms with Crippen molar-refractivity contribution in [3.05, 3.63) is 57.6 Å². The van der Waals surface area contributed by atoms with E-state index in [2.05, 4.69) is 10.5 Å². The van der Waals surface area contributed by atoms with Gasteiger partial charge in [-0.05, 0) is 43.5 Å². The highest BCUT2D eigenvalue weighted by Gasteiger charge is 2.30. The van der Waals surface area contributed by atoms with Gasteiger partial charge in [-0.3, -0.25) is 9.59 Å². The molecule has 1 aliphatic rings. The number of aliphatic carboxylic acids is 1. The van der Waals surface area contributed by atoms with E-state index in [1.54, 1.807) is 0 Å². The van der Waals surface area contributed by atoms with Crippen LogP contribution in [0.15, 0.2) is 39.6 Å². The Labute approximate surface area is 153 Å². The van der Waals surface area contributed by atoms with Crippen molar-refractivity contribution in [1.29, 1.82) is 0 Å². The maximum Gasteiger partial charge on any atom is 0.416 e. The lowest BCUT2D eigenvalue weighted by atomic mass is 9.87. The fraction of sp³-hybridized carbons (Fsp3) is 0.444. The van der Waals surface area contributed by atoms with E-state index in [1.807, 2.05) is 0 Å². The molecule has 0 aliphatic carbocycles. The zero-order chi connectivity index (χ0) is 20.0. The summed E-state index contributed by atoms with van der Waals surface area (Å²) in [6.45, 7) is 1.87. The molecule has 2 aromatic rings. The molecular weight excluding hydrogens is 365 g/mol. The first-order chi connectivity index (χ1) is 12.6. The first kappa shape index (κ1) is 20.8. The Hall–Kier alpha value is -2.55. The quantitative estimate of drug-likeness (QED) is 0.753. The average molecular weight is 386 g/mol. The number of benzene rings is 1. The van der Waals surface area contributed by atoms with Crippen LogP contribution in [-0.4, -0.2) is 28.8 Å². The van der Waals surface area contributed by atoms with E-state index in [0.717, 1.165) is 44.0 Å². The average Bonchev–Trinajstić information content (AvgIpc) is 3.01. The molecule has 148 valence electrons. The van der Waals surface area contributed by atoms with Crippen molar-refractivity contribution in [2.75, 3.05) is 6.54 Å². The minimum atomic E-state index is -4.31. The van der Waals surface area contributed by atoms with Crippen molar-refractivity contribution in [1.82, 2.24) is 10.5 Å². The highest BCUT2D eigenvalue weighted by atomic mass is 19.4. The number of hydrogen-bond acceptors (Lipinski definition) is 4. The van der Waals surface area contributed by atoms with Crippen LogP contribution in [0.1, 0.15) is 42.6 Å². The molecule has 6 nitrogen and oxygen atoms in total. The molecule has 0 bridgehead atoms. The van der Waals surface area contributed by atoms with Crippen LogP contribution in [0.5, 0.6) is 0 Å². The molecule has 0 saturated carbocycles. The molecule has 27 heavy (non-hydrogen) atoms. The lowest BCUT2D eigenvalue weighted by Gasteiger charge is -2.29. The van der Waals surface area contributed by atoms with E-state index < -0.39 is 17.7 Å². The summed E-state index contributed by atoms with van der Waals surface area (Å²) in [5.41, 5.74) is -0.0330. The Morgan fingerprint density at radius 2 is 1.93 bits per heavy atom. The van der Waals surface area contributed by atoms with Gasteiger partial charge < -0.3 is 14.9 Å². The van der Waals surface area contributed by atoms with Gasteiger partial charge >= 0.3 is 6.18 Å². The molecule has 1 aromatic carbocycles. The number of hydrogen-bond donors (Lipinski definition) is 3. The van der Waals surface area contributed by atoms with E-state index in [9.17, 15) is 18.0 Å². The van der Waals surface area contributed by atoms with Crippen LogP contribution in [-0.2, 0) is 17.4 Å². The predicted molar refractivity (Wildman–Crippen MR) is 91.6 cm³/mol. The van der Waals surface area contributed by atoms with Gasteiger partial charge in [-0.2, -0.15) is 18.3 Å². The minimum absolute atomic E-state index is 0.144. The molecule has 3 N–H and O–H groups in total. The summed E-state index contributed by atoms with van der Waals surface area (Å²) in [5.74, 6) is -0.0384. The lowest BCUT2D eigenvalue weighted by molar-refractivity contribution is -0.137. The van der Waals surface area contributed by atoms with Gasteiger partial charge in [0.1, 0.15) is 5.76 Å². The first-order valence-electron chi connectivity index (χ1n) is 8.42. The van der Waals surface area contributed by atoms with Crippen molar-refractivity contribution in [2.45, 2.75) is 44.3 Å². The van der Waals surface area contributed by atoms with Crippen molar-refractivity contribution >= 4 is 5.97 Å². The molecule has 0 spiro atoms. The molecular formula is C18H21F3N2O4. The molecule has 1 fully saturated rings. The van der Waals surface area contributed by atoms with Crippen LogP contribution in [0.3, 0.4) is 0 Å². The van der Waals surface area contributed by atoms with Gasteiger partial charge in [0, 0.05) is 24.9 Å². The topological polar surface area (TPSA) is 95.3 Å². The van der Waals surface area contributed by atoms with Gasteiger partial charge in [0.15, 0.2) is 0 Å². The van der Waals surface area contributed by atoms with Crippen LogP contribution in [0.2, 0.25) is 0 Å². The van der Waals surface area contributed by atoms with E-state index in [4.69, 9.17) is 14.4 Å². The van der Waals surface area contributed by atoms with E-state index >= 15 is 0 Å². The van der Waals surface area contributed by atoms with Crippen molar-refractivity contribution < 1.29 is 27.6 Å². The molecule has 0 radical (unpaired) electrons. The number of rotatable bonds is 3. The van der Waals surface area contributed by atoms with E-state index in [-0.39, 0.29) is 17.5 Å². The number of halogens is 3.